The number of methoxy groups -OCH3 is 1. The third-order valence-corrected chi connectivity index (χ3v) is 7.99. The van der Waals surface area contributed by atoms with Gasteiger partial charge in [-0.15, -0.1) is 23.1 Å². The number of hydrogen-bond donors (Lipinski definition) is 2. The Labute approximate surface area is 179 Å². The number of amides is 1. The molecule has 146 valence electrons. The van der Waals surface area contributed by atoms with Crippen LogP contribution in [0.5, 0.6) is 0 Å². The Kier molecular flexibility index (Phi) is 5.60. The molecule has 2 N–H and O–H groups in total. The number of esters is 1. The highest BCUT2D eigenvalue weighted by Crippen LogP contribution is 2.42. The Morgan fingerprint density at radius 1 is 1.36 bits per heavy atom. The van der Waals surface area contributed by atoms with Gasteiger partial charge in [0.15, 0.2) is 0 Å². The molecule has 4 rings (SSSR count). The highest BCUT2D eigenvalue weighted by Gasteiger charge is 2.34. The molecule has 0 unspecified atom stereocenters. The lowest BCUT2D eigenvalue weighted by molar-refractivity contribution is -0.137. The maximum atomic E-state index is 12.8. The van der Waals surface area contributed by atoms with Crippen LogP contribution in [0.25, 0.3) is 10.2 Å². The number of aromatic nitrogens is 1. The van der Waals surface area contributed by atoms with Gasteiger partial charge in [-0.05, 0) is 23.6 Å². The molecular weight excluding hydrogens is 439 g/mol. The van der Waals surface area contributed by atoms with E-state index in [0.717, 1.165) is 10.3 Å². The van der Waals surface area contributed by atoms with E-state index >= 15 is 0 Å². The first-order valence-corrected chi connectivity index (χ1v) is 11.1. The van der Waals surface area contributed by atoms with Gasteiger partial charge in [-0.25, -0.2) is 0 Å². The lowest BCUT2D eigenvalue weighted by Crippen LogP contribution is -2.37. The van der Waals surface area contributed by atoms with E-state index in [9.17, 15) is 9.59 Å². The van der Waals surface area contributed by atoms with Gasteiger partial charge in [0.1, 0.15) is 10.0 Å². The minimum Gasteiger partial charge on any atom is -0.468 e. The minimum absolute atomic E-state index is 0.0200. The number of nitrogens with one attached hydrogen (secondary N) is 2. The smallest absolute Gasteiger partial charge is 0.315 e. The van der Waals surface area contributed by atoms with E-state index in [0.29, 0.717) is 27.0 Å². The number of H-pyrrole nitrogens is 1. The van der Waals surface area contributed by atoms with Crippen LogP contribution in [0.3, 0.4) is 0 Å². The first kappa shape index (κ1) is 19.6. The van der Waals surface area contributed by atoms with Crippen LogP contribution in [-0.2, 0) is 16.0 Å². The zero-order valence-corrected chi connectivity index (χ0v) is 17.9. The van der Waals surface area contributed by atoms with Gasteiger partial charge < -0.3 is 15.0 Å². The van der Waals surface area contributed by atoms with Crippen molar-refractivity contribution in [3.63, 3.8) is 0 Å². The molecular formula is C19H16Cl2N2O3S2. The van der Waals surface area contributed by atoms with Crippen LogP contribution in [0.4, 0.5) is 0 Å². The van der Waals surface area contributed by atoms with Gasteiger partial charge in [-0.1, -0.05) is 47.5 Å². The van der Waals surface area contributed by atoms with Crippen molar-refractivity contribution < 1.29 is 14.3 Å². The van der Waals surface area contributed by atoms with Crippen LogP contribution < -0.4 is 5.32 Å². The minimum atomic E-state index is -0.282. The molecule has 0 aliphatic heterocycles. The summed E-state index contributed by atoms with van der Waals surface area (Å²) >= 11 is 15.0. The molecule has 0 bridgehead atoms. The fraction of sp³-hybridized carbons (Fsp3) is 0.263. The number of hydrogen-bond acceptors (Lipinski definition) is 5. The number of carbonyl (C=O) groups excluding carboxylic acids is 2. The summed E-state index contributed by atoms with van der Waals surface area (Å²) in [4.78, 5) is 27.5. The van der Waals surface area contributed by atoms with Crippen molar-refractivity contribution in [3.05, 3.63) is 56.5 Å². The van der Waals surface area contributed by atoms with Crippen molar-refractivity contribution in [2.24, 2.45) is 0 Å². The van der Waals surface area contributed by atoms with Crippen LogP contribution in [-0.4, -0.2) is 35.8 Å². The summed E-state index contributed by atoms with van der Waals surface area (Å²) in [5.41, 5.74) is 3.43. The number of aromatic amines is 1. The fourth-order valence-electron chi connectivity index (χ4n) is 3.39. The zero-order valence-electron chi connectivity index (χ0n) is 14.8. The fourth-order valence-corrected chi connectivity index (χ4v) is 6.12. The van der Waals surface area contributed by atoms with E-state index in [2.05, 4.69) is 16.4 Å². The largest absolute Gasteiger partial charge is 0.468 e. The molecule has 3 aromatic rings. The number of thiophene rings is 1. The van der Waals surface area contributed by atoms with Gasteiger partial charge in [-0.3, -0.25) is 9.59 Å². The number of rotatable bonds is 5. The number of thioether (sulfide) groups is 1. The molecule has 9 heteroatoms. The van der Waals surface area contributed by atoms with Crippen molar-refractivity contribution >= 4 is 68.4 Å². The lowest BCUT2D eigenvalue weighted by atomic mass is 10.1. The zero-order chi connectivity index (χ0) is 19.8. The Morgan fingerprint density at radius 2 is 2.14 bits per heavy atom. The van der Waals surface area contributed by atoms with Crippen molar-refractivity contribution in [2.75, 3.05) is 12.9 Å². The van der Waals surface area contributed by atoms with E-state index in [4.69, 9.17) is 27.9 Å². The predicted molar refractivity (Wildman–Crippen MR) is 115 cm³/mol. The molecule has 2 aromatic heterocycles. The molecule has 1 aliphatic rings. The Hall–Kier alpha value is -1.67. The first-order chi connectivity index (χ1) is 13.5. The normalized spacial score (nSPS) is 18.2. The Bertz CT molecular complexity index is 1060. The van der Waals surface area contributed by atoms with E-state index in [1.54, 1.807) is 6.07 Å². The van der Waals surface area contributed by atoms with Crippen LogP contribution in [0.15, 0.2) is 30.3 Å². The number of carbonyl (C=O) groups is 2. The Balaban J connectivity index is 1.54. The van der Waals surface area contributed by atoms with Crippen LogP contribution >= 0.6 is 46.3 Å². The van der Waals surface area contributed by atoms with Crippen molar-refractivity contribution in [2.45, 2.75) is 17.7 Å². The molecule has 0 spiro atoms. The van der Waals surface area contributed by atoms with Crippen molar-refractivity contribution in [1.29, 1.82) is 0 Å². The molecule has 0 saturated carbocycles. The van der Waals surface area contributed by atoms with E-state index in [1.165, 1.54) is 35.8 Å². The topological polar surface area (TPSA) is 71.2 Å². The highest BCUT2D eigenvalue weighted by atomic mass is 35.5. The predicted octanol–water partition coefficient (Wildman–Crippen LogP) is 4.84. The molecule has 1 amide bonds. The van der Waals surface area contributed by atoms with Gasteiger partial charge in [0.25, 0.3) is 5.91 Å². The number of ether oxygens (including phenoxy) is 1. The van der Waals surface area contributed by atoms with Crippen molar-refractivity contribution in [3.8, 4) is 0 Å². The summed E-state index contributed by atoms with van der Waals surface area (Å²) in [5.74, 6) is -0.263. The average molecular weight is 455 g/mol. The third-order valence-electron chi connectivity index (χ3n) is 4.71. The SMILES string of the molecule is COC(=O)CS[C@@H]1c2ccccc2C[C@H]1NC(=O)c1cc2sc(Cl)c(Cl)c2[nH]1. The molecule has 0 radical (unpaired) electrons. The molecule has 28 heavy (non-hydrogen) atoms. The molecule has 2 heterocycles. The Morgan fingerprint density at radius 3 is 2.89 bits per heavy atom. The maximum Gasteiger partial charge on any atom is 0.315 e. The number of benzene rings is 1. The number of halogens is 2. The highest BCUT2D eigenvalue weighted by molar-refractivity contribution is 8.00. The average Bonchev–Trinajstić information content (AvgIpc) is 3.33. The van der Waals surface area contributed by atoms with Crippen molar-refractivity contribution in [1.82, 2.24) is 10.3 Å². The molecule has 2 atom stereocenters. The summed E-state index contributed by atoms with van der Waals surface area (Å²) in [6.07, 6.45) is 0.711. The second kappa shape index (κ2) is 7.99. The molecule has 0 saturated heterocycles. The summed E-state index contributed by atoms with van der Waals surface area (Å²) in [6, 6.07) is 9.68. The van der Waals surface area contributed by atoms with E-state index in [1.807, 2.05) is 18.2 Å². The molecule has 1 aromatic carbocycles. The summed E-state index contributed by atoms with van der Waals surface area (Å²) in [6.45, 7) is 0. The van der Waals surface area contributed by atoms with Gasteiger partial charge >= 0.3 is 5.97 Å². The molecule has 5 nitrogen and oxygen atoms in total. The third kappa shape index (κ3) is 3.64. The van der Waals surface area contributed by atoms with Crippen LogP contribution in [0, 0.1) is 0 Å². The molecule has 0 fully saturated rings. The first-order valence-electron chi connectivity index (χ1n) is 8.51. The van der Waals surface area contributed by atoms with E-state index in [-0.39, 0.29) is 28.9 Å². The van der Waals surface area contributed by atoms with Gasteiger partial charge in [0.05, 0.1) is 33.4 Å². The maximum absolute atomic E-state index is 12.8. The summed E-state index contributed by atoms with van der Waals surface area (Å²) < 4.78 is 6.09. The summed E-state index contributed by atoms with van der Waals surface area (Å²) in [5, 5.41) is 3.52. The quantitative estimate of drug-likeness (QED) is 0.541. The van der Waals surface area contributed by atoms with Gasteiger partial charge in [0, 0.05) is 6.04 Å². The van der Waals surface area contributed by atoms with Crippen LogP contribution in [0.2, 0.25) is 9.36 Å². The monoisotopic (exact) mass is 454 g/mol. The lowest BCUT2D eigenvalue weighted by Gasteiger charge is -2.21. The summed E-state index contributed by atoms with van der Waals surface area (Å²) in [7, 11) is 1.37. The standard InChI is InChI=1S/C19H16Cl2N2O3S2/c1-26-14(24)8-27-17-10-5-3-2-4-9(10)6-11(17)23-19(25)12-7-13-16(22-12)15(20)18(21)28-13/h2-5,7,11,17,22H,6,8H2,1H3,(H,23,25)/t11-,17-/m1/s1. The van der Waals surface area contributed by atoms with Crippen LogP contribution in [0.1, 0.15) is 26.9 Å². The van der Waals surface area contributed by atoms with Gasteiger partial charge in [0.2, 0.25) is 0 Å². The number of fused-ring (bicyclic) bond motifs is 2. The second-order valence-electron chi connectivity index (χ2n) is 6.40. The molecule has 1 aliphatic carbocycles. The van der Waals surface area contributed by atoms with E-state index < -0.39 is 0 Å². The second-order valence-corrected chi connectivity index (χ2v) is 9.56. The van der Waals surface area contributed by atoms with Gasteiger partial charge in [-0.2, -0.15) is 0 Å².